The van der Waals surface area contributed by atoms with Crippen LogP contribution in [-0.2, 0) is 0 Å². The van der Waals surface area contributed by atoms with Gasteiger partial charge in [0.05, 0.1) is 16.2 Å². The summed E-state index contributed by atoms with van der Waals surface area (Å²) in [5.41, 5.74) is 0.535. The van der Waals surface area contributed by atoms with Gasteiger partial charge in [-0.2, -0.15) is 0 Å². The molecule has 0 N–H and O–H groups in total. The van der Waals surface area contributed by atoms with Gasteiger partial charge >= 0.3 is 0 Å². The molecule has 70 valence electrons. The summed E-state index contributed by atoms with van der Waals surface area (Å²) in [7, 11) is 3.72. The Balaban J connectivity index is 2.93. The fraction of sp³-hybridized carbons (Fsp3) is 0.250. The summed E-state index contributed by atoms with van der Waals surface area (Å²) in [5.74, 6) is 0. The zero-order valence-corrected chi connectivity index (χ0v) is 8.89. The number of hydrogen-bond donors (Lipinski definition) is 0. The largest absolute Gasteiger partial charge is 0.369 e. The lowest BCUT2D eigenvalue weighted by molar-refractivity contribution is 0.112. The van der Waals surface area contributed by atoms with Crippen molar-refractivity contribution in [2.24, 2.45) is 4.99 Å². The third-order valence-corrected chi connectivity index (χ3v) is 2.43. The molecule has 5 heteroatoms. The van der Waals surface area contributed by atoms with E-state index in [-0.39, 0.29) is 0 Å². The second kappa shape index (κ2) is 4.39. The van der Waals surface area contributed by atoms with Crippen LogP contribution in [0, 0.1) is 0 Å². The predicted molar refractivity (Wildman–Crippen MR) is 56.6 cm³/mol. The van der Waals surface area contributed by atoms with E-state index in [1.807, 2.05) is 14.1 Å². The molecule has 1 aromatic heterocycles. The molecule has 0 saturated heterocycles. The number of aliphatic imine (C=N–C) groups is 1. The fourth-order valence-electron chi connectivity index (χ4n) is 0.718. The van der Waals surface area contributed by atoms with Crippen LogP contribution in [0.2, 0.25) is 4.34 Å². The van der Waals surface area contributed by atoms with E-state index >= 15 is 0 Å². The number of halogens is 1. The van der Waals surface area contributed by atoms with Crippen molar-refractivity contribution in [3.05, 3.63) is 16.0 Å². The van der Waals surface area contributed by atoms with E-state index in [9.17, 15) is 4.79 Å². The second-order valence-electron chi connectivity index (χ2n) is 2.64. The van der Waals surface area contributed by atoms with Crippen molar-refractivity contribution in [3.8, 4) is 0 Å². The molecule has 13 heavy (non-hydrogen) atoms. The SMILES string of the molecule is CN(C)/C=N/c1sc(Cl)cc1C=O. The van der Waals surface area contributed by atoms with Crippen molar-refractivity contribution in [3.63, 3.8) is 0 Å². The highest BCUT2D eigenvalue weighted by atomic mass is 35.5. The Morgan fingerprint density at radius 2 is 2.31 bits per heavy atom. The van der Waals surface area contributed by atoms with E-state index in [0.717, 1.165) is 6.29 Å². The van der Waals surface area contributed by atoms with Gasteiger partial charge in [0.2, 0.25) is 0 Å². The van der Waals surface area contributed by atoms with E-state index in [4.69, 9.17) is 11.6 Å². The van der Waals surface area contributed by atoms with E-state index < -0.39 is 0 Å². The molecule has 0 amide bonds. The number of rotatable bonds is 3. The average Bonchev–Trinajstić information content (AvgIpc) is 2.42. The Morgan fingerprint density at radius 1 is 1.62 bits per heavy atom. The molecule has 0 aliphatic rings. The van der Waals surface area contributed by atoms with Crippen molar-refractivity contribution >= 4 is 40.6 Å². The second-order valence-corrected chi connectivity index (χ2v) is 4.30. The molecule has 0 spiro atoms. The smallest absolute Gasteiger partial charge is 0.153 e. The van der Waals surface area contributed by atoms with E-state index in [1.165, 1.54) is 11.3 Å². The average molecular weight is 217 g/mol. The Bertz CT molecular complexity index is 333. The Kier molecular flexibility index (Phi) is 3.45. The number of carbonyl (C=O) groups is 1. The summed E-state index contributed by atoms with van der Waals surface area (Å²) in [6, 6.07) is 1.61. The zero-order valence-electron chi connectivity index (χ0n) is 7.32. The van der Waals surface area contributed by atoms with Gasteiger partial charge in [-0.1, -0.05) is 11.6 Å². The van der Waals surface area contributed by atoms with Crippen molar-refractivity contribution in [1.29, 1.82) is 0 Å². The Labute approximate surface area is 85.7 Å². The molecule has 0 aliphatic heterocycles. The van der Waals surface area contributed by atoms with Crippen molar-refractivity contribution in [1.82, 2.24) is 4.90 Å². The summed E-state index contributed by atoms with van der Waals surface area (Å²) in [6.07, 6.45) is 2.39. The monoisotopic (exact) mass is 216 g/mol. The lowest BCUT2D eigenvalue weighted by Crippen LogP contribution is -2.06. The van der Waals surface area contributed by atoms with Crippen LogP contribution in [0.15, 0.2) is 11.1 Å². The molecule has 0 radical (unpaired) electrons. The molecule has 0 aliphatic carbocycles. The van der Waals surface area contributed by atoms with E-state index in [2.05, 4.69) is 4.99 Å². The standard InChI is InChI=1S/C8H9ClN2OS/c1-11(2)5-10-8-6(4-12)3-7(9)13-8/h3-5H,1-2H3/b10-5+. The minimum atomic E-state index is 0.535. The summed E-state index contributed by atoms with van der Waals surface area (Å²) in [6.45, 7) is 0. The molecule has 3 nitrogen and oxygen atoms in total. The maximum Gasteiger partial charge on any atom is 0.153 e. The molecule has 1 rings (SSSR count). The van der Waals surface area contributed by atoms with E-state index in [0.29, 0.717) is 14.9 Å². The molecule has 1 aromatic rings. The Morgan fingerprint density at radius 3 is 2.85 bits per heavy atom. The van der Waals surface area contributed by atoms with Crippen molar-refractivity contribution < 1.29 is 4.79 Å². The first kappa shape index (κ1) is 10.2. The molecule has 0 bridgehead atoms. The van der Waals surface area contributed by atoms with Crippen LogP contribution in [0.1, 0.15) is 10.4 Å². The highest BCUT2D eigenvalue weighted by Gasteiger charge is 2.04. The number of aldehydes is 1. The van der Waals surface area contributed by atoms with Crippen LogP contribution in [0.25, 0.3) is 0 Å². The van der Waals surface area contributed by atoms with Gasteiger partial charge in [-0.3, -0.25) is 4.79 Å². The maximum atomic E-state index is 10.5. The topological polar surface area (TPSA) is 32.7 Å². The first-order valence-electron chi connectivity index (χ1n) is 3.58. The third-order valence-electron chi connectivity index (χ3n) is 1.24. The van der Waals surface area contributed by atoms with Gasteiger partial charge in [-0.05, 0) is 6.07 Å². The number of carbonyl (C=O) groups excluding carboxylic acids is 1. The zero-order chi connectivity index (χ0) is 9.84. The number of thiophene rings is 1. The van der Waals surface area contributed by atoms with E-state index in [1.54, 1.807) is 17.3 Å². The van der Waals surface area contributed by atoms with Crippen LogP contribution in [0.5, 0.6) is 0 Å². The minimum Gasteiger partial charge on any atom is -0.369 e. The van der Waals surface area contributed by atoms with Gasteiger partial charge in [-0.25, -0.2) is 4.99 Å². The van der Waals surface area contributed by atoms with Crippen LogP contribution < -0.4 is 0 Å². The quantitative estimate of drug-likeness (QED) is 0.442. The van der Waals surface area contributed by atoms with Crippen molar-refractivity contribution in [2.45, 2.75) is 0 Å². The van der Waals surface area contributed by atoms with Crippen molar-refractivity contribution in [2.75, 3.05) is 14.1 Å². The molecule has 1 heterocycles. The van der Waals surface area contributed by atoms with Gasteiger partial charge in [0.1, 0.15) is 5.00 Å². The molecular weight excluding hydrogens is 208 g/mol. The van der Waals surface area contributed by atoms with Gasteiger partial charge in [0, 0.05) is 14.1 Å². The predicted octanol–water partition coefficient (Wildman–Crippen LogP) is 2.44. The van der Waals surface area contributed by atoms with Gasteiger partial charge < -0.3 is 4.90 Å². The molecule has 0 unspecified atom stereocenters. The summed E-state index contributed by atoms with van der Waals surface area (Å²) in [4.78, 5) is 16.4. The highest BCUT2D eigenvalue weighted by Crippen LogP contribution is 2.32. The van der Waals surface area contributed by atoms with Gasteiger partial charge in [-0.15, -0.1) is 11.3 Å². The third kappa shape index (κ3) is 2.82. The molecule has 0 aromatic carbocycles. The highest BCUT2D eigenvalue weighted by molar-refractivity contribution is 7.20. The lowest BCUT2D eigenvalue weighted by Gasteiger charge is -2.00. The van der Waals surface area contributed by atoms with Crippen LogP contribution in [0.4, 0.5) is 5.00 Å². The normalized spacial score (nSPS) is 10.7. The van der Waals surface area contributed by atoms with Crippen LogP contribution >= 0.6 is 22.9 Å². The first-order valence-corrected chi connectivity index (χ1v) is 4.78. The molecule has 0 atom stereocenters. The minimum absolute atomic E-state index is 0.535. The van der Waals surface area contributed by atoms with Crippen LogP contribution in [-0.4, -0.2) is 31.6 Å². The number of nitrogens with zero attached hydrogens (tertiary/aromatic N) is 2. The fourth-order valence-corrected chi connectivity index (χ4v) is 1.75. The Hall–Kier alpha value is -0.870. The molecule has 0 saturated carbocycles. The maximum absolute atomic E-state index is 10.5. The summed E-state index contributed by atoms with van der Waals surface area (Å²) >= 11 is 7.02. The molecular formula is C8H9ClN2OS. The number of hydrogen-bond acceptors (Lipinski definition) is 3. The van der Waals surface area contributed by atoms with Gasteiger partial charge in [0.15, 0.2) is 6.29 Å². The lowest BCUT2D eigenvalue weighted by atomic mass is 10.3. The summed E-state index contributed by atoms with van der Waals surface area (Å²) in [5, 5.41) is 0.647. The van der Waals surface area contributed by atoms with Crippen LogP contribution in [0.3, 0.4) is 0 Å². The van der Waals surface area contributed by atoms with Gasteiger partial charge in [0.25, 0.3) is 0 Å². The first-order chi connectivity index (χ1) is 6.13. The summed E-state index contributed by atoms with van der Waals surface area (Å²) < 4.78 is 0.577. The molecule has 0 fully saturated rings.